The number of aliphatic hydroxyl groups is 1. The first-order chi connectivity index (χ1) is 11.7. The molecule has 8 heteroatoms. The second-order valence-corrected chi connectivity index (χ2v) is 5.66. The molecule has 1 aliphatic heterocycles. The van der Waals surface area contributed by atoms with E-state index in [1.165, 1.54) is 0 Å². The summed E-state index contributed by atoms with van der Waals surface area (Å²) >= 11 is 6.17. The summed E-state index contributed by atoms with van der Waals surface area (Å²) in [6.45, 7) is 0.190. The summed E-state index contributed by atoms with van der Waals surface area (Å²) in [5, 5.41) is 17.9. The number of fused-ring (bicyclic) bond motifs is 5. The summed E-state index contributed by atoms with van der Waals surface area (Å²) in [4.78, 5) is 4.30. The second kappa shape index (κ2) is 5.76. The fourth-order valence-electron chi connectivity index (χ4n) is 2.84. The van der Waals surface area contributed by atoms with Gasteiger partial charge in [0.05, 0.1) is 17.9 Å². The van der Waals surface area contributed by atoms with Crippen molar-refractivity contribution in [3.8, 4) is 29.4 Å². The third-order valence-electron chi connectivity index (χ3n) is 3.92. The van der Waals surface area contributed by atoms with E-state index in [-0.39, 0.29) is 6.61 Å². The average Bonchev–Trinajstić information content (AvgIpc) is 3.14. The topological polar surface area (TPSA) is 78.0 Å². The maximum atomic E-state index is 8.89. The molecule has 0 spiro atoms. The Morgan fingerprint density at radius 2 is 2.25 bits per heavy atom. The Morgan fingerprint density at radius 3 is 3.04 bits per heavy atom. The molecule has 0 amide bonds. The van der Waals surface area contributed by atoms with Crippen LogP contribution in [0.5, 0.6) is 0 Å². The van der Waals surface area contributed by atoms with Crippen LogP contribution in [0, 0.1) is 12.3 Å². The van der Waals surface area contributed by atoms with E-state index >= 15 is 0 Å². The predicted octanol–water partition coefficient (Wildman–Crippen LogP) is 1.59. The summed E-state index contributed by atoms with van der Waals surface area (Å²) in [6, 6.07) is 5.54. The summed E-state index contributed by atoms with van der Waals surface area (Å²) in [5.41, 5.74) is 3.12. The molecule has 0 atom stereocenters. The highest BCUT2D eigenvalue weighted by atomic mass is 35.5. The number of ether oxygens (including phenoxy) is 1. The third-order valence-corrected chi connectivity index (χ3v) is 4.16. The lowest BCUT2D eigenvalue weighted by Crippen LogP contribution is -2.10. The number of aromatic nitrogens is 5. The van der Waals surface area contributed by atoms with Gasteiger partial charge < -0.3 is 14.4 Å². The van der Waals surface area contributed by atoms with Crippen molar-refractivity contribution in [2.24, 2.45) is 0 Å². The van der Waals surface area contributed by atoms with Gasteiger partial charge in [0.2, 0.25) is 0 Å². The maximum absolute atomic E-state index is 8.89. The van der Waals surface area contributed by atoms with E-state index in [2.05, 4.69) is 21.1 Å². The molecule has 120 valence electrons. The average molecular weight is 342 g/mol. The molecular weight excluding hydrogens is 330 g/mol. The molecule has 1 N–H and O–H groups in total. The Hall–Kier alpha value is -2.66. The minimum absolute atomic E-state index is 0.138. The van der Waals surface area contributed by atoms with Gasteiger partial charge in [0.25, 0.3) is 0 Å². The highest BCUT2D eigenvalue weighted by Crippen LogP contribution is 2.34. The van der Waals surface area contributed by atoms with Gasteiger partial charge >= 0.3 is 0 Å². The molecule has 3 heterocycles. The predicted molar refractivity (Wildman–Crippen MR) is 86.5 cm³/mol. The van der Waals surface area contributed by atoms with Crippen molar-refractivity contribution in [3.63, 3.8) is 0 Å². The molecule has 0 unspecified atom stereocenters. The van der Waals surface area contributed by atoms with Crippen molar-refractivity contribution >= 4 is 11.6 Å². The van der Waals surface area contributed by atoms with Gasteiger partial charge in [-0.15, -0.1) is 16.6 Å². The van der Waals surface area contributed by atoms with Crippen molar-refractivity contribution in [1.29, 1.82) is 0 Å². The Kier molecular flexibility index (Phi) is 3.58. The van der Waals surface area contributed by atoms with Gasteiger partial charge in [-0.3, -0.25) is 4.57 Å². The van der Waals surface area contributed by atoms with E-state index in [9.17, 15) is 0 Å². The van der Waals surface area contributed by atoms with Gasteiger partial charge in [-0.05, 0) is 24.1 Å². The van der Waals surface area contributed by atoms with Crippen LogP contribution in [0.15, 0.2) is 24.5 Å². The van der Waals surface area contributed by atoms with Gasteiger partial charge in [0.15, 0.2) is 11.6 Å². The van der Waals surface area contributed by atoms with Crippen LogP contribution < -0.4 is 0 Å². The molecule has 4 rings (SSSR count). The molecule has 24 heavy (non-hydrogen) atoms. The van der Waals surface area contributed by atoms with Gasteiger partial charge in [-0.2, -0.15) is 0 Å². The van der Waals surface area contributed by atoms with Gasteiger partial charge in [0.1, 0.15) is 25.4 Å². The van der Waals surface area contributed by atoms with Crippen molar-refractivity contribution in [2.75, 3.05) is 6.79 Å². The Balaban J connectivity index is 1.98. The Bertz CT molecular complexity index is 969. The first-order valence-electron chi connectivity index (χ1n) is 7.16. The van der Waals surface area contributed by atoms with Crippen molar-refractivity contribution in [3.05, 3.63) is 46.8 Å². The minimum Gasteiger partial charge on any atom is -0.371 e. The molecule has 0 radical (unpaired) electrons. The van der Waals surface area contributed by atoms with E-state index in [0.717, 1.165) is 16.9 Å². The monoisotopic (exact) mass is 341 g/mol. The normalized spacial score (nSPS) is 12.0. The SMILES string of the molecule is C#Cc1ncn2c1Cn1c(COCO)nnc1-c1cc(Cl)ccc1-2. The van der Waals surface area contributed by atoms with E-state index in [4.69, 9.17) is 27.9 Å². The second-order valence-electron chi connectivity index (χ2n) is 5.22. The smallest absolute Gasteiger partial charge is 0.166 e. The van der Waals surface area contributed by atoms with Crippen molar-refractivity contribution in [1.82, 2.24) is 24.3 Å². The van der Waals surface area contributed by atoms with Crippen molar-refractivity contribution in [2.45, 2.75) is 13.2 Å². The van der Waals surface area contributed by atoms with E-state index in [1.807, 2.05) is 27.3 Å². The van der Waals surface area contributed by atoms with Crippen LogP contribution >= 0.6 is 11.6 Å². The quantitative estimate of drug-likeness (QED) is 0.452. The number of nitrogens with zero attached hydrogens (tertiary/aromatic N) is 5. The van der Waals surface area contributed by atoms with Gasteiger partial charge in [0, 0.05) is 10.6 Å². The number of hydrogen-bond donors (Lipinski definition) is 1. The fourth-order valence-corrected chi connectivity index (χ4v) is 3.02. The van der Waals surface area contributed by atoms with Crippen LogP contribution in [-0.4, -0.2) is 36.2 Å². The zero-order valence-corrected chi connectivity index (χ0v) is 13.2. The lowest BCUT2D eigenvalue weighted by molar-refractivity contribution is -0.0148. The van der Waals surface area contributed by atoms with Gasteiger partial charge in [-0.1, -0.05) is 11.6 Å². The summed E-state index contributed by atoms with van der Waals surface area (Å²) in [7, 11) is 0. The van der Waals surface area contributed by atoms with Crippen LogP contribution in [0.3, 0.4) is 0 Å². The van der Waals surface area contributed by atoms with Crippen LogP contribution in [0.1, 0.15) is 17.2 Å². The van der Waals surface area contributed by atoms with Crippen LogP contribution in [-0.2, 0) is 17.9 Å². The summed E-state index contributed by atoms with van der Waals surface area (Å²) in [5.74, 6) is 3.86. The highest BCUT2D eigenvalue weighted by molar-refractivity contribution is 6.31. The summed E-state index contributed by atoms with van der Waals surface area (Å²) in [6.07, 6.45) is 7.28. The van der Waals surface area contributed by atoms with Crippen LogP contribution in [0.4, 0.5) is 0 Å². The summed E-state index contributed by atoms with van der Waals surface area (Å²) < 4.78 is 8.90. The lowest BCUT2D eigenvalue weighted by atomic mass is 10.1. The third kappa shape index (κ3) is 2.20. The van der Waals surface area contributed by atoms with Gasteiger partial charge in [-0.25, -0.2) is 4.98 Å². The number of aliphatic hydroxyl groups excluding tert-OH is 1. The Morgan fingerprint density at radius 1 is 1.38 bits per heavy atom. The Labute approximate surface area is 142 Å². The van der Waals surface area contributed by atoms with E-state index in [1.54, 1.807) is 6.33 Å². The number of terminal acetylenes is 1. The van der Waals surface area contributed by atoms with E-state index in [0.29, 0.717) is 28.9 Å². The molecular formula is C16H12ClN5O2. The molecule has 7 nitrogen and oxygen atoms in total. The zero-order chi connectivity index (χ0) is 16.7. The minimum atomic E-state index is -0.391. The first kappa shape index (κ1) is 14.9. The van der Waals surface area contributed by atoms with Crippen molar-refractivity contribution < 1.29 is 9.84 Å². The largest absolute Gasteiger partial charge is 0.371 e. The fraction of sp³-hybridized carbons (Fsp3) is 0.188. The molecule has 0 fully saturated rings. The maximum Gasteiger partial charge on any atom is 0.166 e. The molecule has 0 aliphatic carbocycles. The number of benzene rings is 1. The van der Waals surface area contributed by atoms with E-state index < -0.39 is 6.79 Å². The highest BCUT2D eigenvalue weighted by Gasteiger charge is 2.25. The lowest BCUT2D eigenvalue weighted by Gasteiger charge is -2.08. The number of imidazole rings is 1. The number of rotatable bonds is 3. The molecule has 1 aromatic carbocycles. The molecule has 3 aromatic rings. The first-order valence-corrected chi connectivity index (χ1v) is 7.54. The molecule has 0 bridgehead atoms. The number of halogens is 1. The zero-order valence-electron chi connectivity index (χ0n) is 12.5. The number of hydrogen-bond acceptors (Lipinski definition) is 5. The molecule has 0 saturated carbocycles. The standard InChI is InChI=1S/C16H12ClN5O2/c1-2-12-14-6-21-15(7-24-9-23)19-20-16(21)11-5-10(17)3-4-13(11)22(14)8-18-12/h1,3-5,8,23H,6-7,9H2. The molecule has 1 aliphatic rings. The molecule has 2 aromatic heterocycles. The van der Waals surface area contributed by atoms with Crippen LogP contribution in [0.25, 0.3) is 17.1 Å². The molecule has 0 saturated heterocycles. The van der Waals surface area contributed by atoms with Crippen LogP contribution in [0.2, 0.25) is 5.02 Å².